The van der Waals surface area contributed by atoms with Gasteiger partial charge in [0.05, 0.1) is 11.4 Å². The largest absolute Gasteiger partial charge is 0.459 e. The van der Waals surface area contributed by atoms with Crippen LogP contribution in [0, 0.1) is 5.92 Å². The molecule has 1 atom stereocenters. The number of benzene rings is 1. The van der Waals surface area contributed by atoms with E-state index in [0.29, 0.717) is 5.92 Å². The van der Waals surface area contributed by atoms with Crippen LogP contribution in [0.5, 0.6) is 6.01 Å². The Hall–Kier alpha value is -1.81. The molecule has 3 fully saturated rings. The molecular weight excluding hydrogens is 298 g/mol. The summed E-state index contributed by atoms with van der Waals surface area (Å²) in [5.41, 5.74) is 3.59. The first-order chi connectivity index (χ1) is 11.8. The van der Waals surface area contributed by atoms with Crippen molar-refractivity contribution in [1.82, 2.24) is 14.5 Å². The van der Waals surface area contributed by atoms with Gasteiger partial charge in [0.25, 0.3) is 0 Å². The summed E-state index contributed by atoms with van der Waals surface area (Å²) in [6.07, 6.45) is 4.72. The Morgan fingerprint density at radius 3 is 2.42 bits per heavy atom. The van der Waals surface area contributed by atoms with Crippen molar-refractivity contribution in [3.05, 3.63) is 41.7 Å². The molecule has 1 aromatic heterocycles. The number of hydrogen-bond acceptors (Lipinski definition) is 3. The van der Waals surface area contributed by atoms with Gasteiger partial charge in [0, 0.05) is 12.2 Å². The number of fused-ring (bicyclic) bond motifs is 3. The third-order valence-corrected chi connectivity index (χ3v) is 5.56. The molecule has 0 spiro atoms. The average molecular weight is 325 g/mol. The van der Waals surface area contributed by atoms with Gasteiger partial charge in [0.1, 0.15) is 6.10 Å². The van der Waals surface area contributed by atoms with E-state index < -0.39 is 0 Å². The van der Waals surface area contributed by atoms with Gasteiger partial charge in [-0.1, -0.05) is 32.0 Å². The average Bonchev–Trinajstić information content (AvgIpc) is 3.00. The van der Waals surface area contributed by atoms with E-state index in [0.717, 1.165) is 36.8 Å². The van der Waals surface area contributed by atoms with Crippen LogP contribution in [0.4, 0.5) is 0 Å². The number of rotatable bonds is 5. The molecule has 4 heterocycles. The zero-order chi connectivity index (χ0) is 16.5. The minimum absolute atomic E-state index is 0.284. The fourth-order valence-electron chi connectivity index (χ4n) is 4.22. The van der Waals surface area contributed by atoms with E-state index in [9.17, 15) is 0 Å². The summed E-state index contributed by atoms with van der Waals surface area (Å²) in [4.78, 5) is 7.41. The van der Waals surface area contributed by atoms with Crippen molar-refractivity contribution < 1.29 is 4.74 Å². The van der Waals surface area contributed by atoms with E-state index >= 15 is 0 Å². The van der Waals surface area contributed by atoms with Gasteiger partial charge >= 0.3 is 6.01 Å². The molecular formula is C20H27N3O. The van der Waals surface area contributed by atoms with Gasteiger partial charge in [0.15, 0.2) is 0 Å². The monoisotopic (exact) mass is 325 g/mol. The van der Waals surface area contributed by atoms with Crippen molar-refractivity contribution in [2.24, 2.45) is 5.92 Å². The van der Waals surface area contributed by atoms with E-state index in [2.05, 4.69) is 53.6 Å². The second-order valence-corrected chi connectivity index (χ2v) is 6.96. The van der Waals surface area contributed by atoms with E-state index in [1.54, 1.807) is 0 Å². The number of piperidine rings is 3. The van der Waals surface area contributed by atoms with Crippen molar-refractivity contribution in [3.8, 4) is 11.7 Å². The number of nitrogens with zero attached hydrogens (tertiary/aromatic N) is 3. The number of ether oxygens (including phenoxy) is 1. The highest BCUT2D eigenvalue weighted by molar-refractivity contribution is 5.39. The van der Waals surface area contributed by atoms with Gasteiger partial charge in [-0.3, -0.25) is 9.47 Å². The van der Waals surface area contributed by atoms with Crippen LogP contribution >= 0.6 is 0 Å². The highest BCUT2D eigenvalue weighted by Crippen LogP contribution is 2.32. The van der Waals surface area contributed by atoms with Crippen LogP contribution in [0.2, 0.25) is 0 Å². The van der Waals surface area contributed by atoms with Crippen LogP contribution in [0.25, 0.3) is 5.69 Å². The molecule has 2 aromatic rings. The predicted octanol–water partition coefficient (Wildman–Crippen LogP) is 3.47. The van der Waals surface area contributed by atoms with Gasteiger partial charge in [-0.05, 0) is 56.8 Å². The summed E-state index contributed by atoms with van der Waals surface area (Å²) in [6.45, 7) is 7.90. The first-order valence-electron chi connectivity index (χ1n) is 9.35. The van der Waals surface area contributed by atoms with Crippen molar-refractivity contribution in [2.45, 2.75) is 45.6 Å². The van der Waals surface area contributed by atoms with Crippen LogP contribution in [0.15, 0.2) is 30.3 Å². The van der Waals surface area contributed by atoms with Crippen molar-refractivity contribution >= 4 is 0 Å². The number of imidazole rings is 1. The Labute approximate surface area is 144 Å². The summed E-state index contributed by atoms with van der Waals surface area (Å²) < 4.78 is 8.74. The molecule has 0 saturated carbocycles. The third-order valence-electron chi connectivity index (χ3n) is 5.56. The Morgan fingerprint density at radius 2 is 1.83 bits per heavy atom. The normalized spacial score (nSPS) is 25.8. The van der Waals surface area contributed by atoms with Crippen molar-refractivity contribution in [2.75, 3.05) is 19.6 Å². The Kier molecular flexibility index (Phi) is 4.31. The maximum atomic E-state index is 6.51. The van der Waals surface area contributed by atoms with E-state index in [1.165, 1.54) is 31.6 Å². The molecule has 24 heavy (non-hydrogen) atoms. The summed E-state index contributed by atoms with van der Waals surface area (Å²) in [5, 5.41) is 0. The van der Waals surface area contributed by atoms with Crippen molar-refractivity contribution in [1.29, 1.82) is 0 Å². The second kappa shape index (κ2) is 6.60. The summed E-state index contributed by atoms with van der Waals surface area (Å²) >= 11 is 0. The first kappa shape index (κ1) is 15.7. The first-order valence-corrected chi connectivity index (χ1v) is 9.35. The highest BCUT2D eigenvalue weighted by Gasteiger charge is 2.36. The van der Waals surface area contributed by atoms with Crippen LogP contribution in [-0.2, 0) is 12.8 Å². The highest BCUT2D eigenvalue weighted by atomic mass is 16.5. The number of para-hydroxylation sites is 1. The molecule has 4 heteroatoms. The lowest BCUT2D eigenvalue weighted by molar-refractivity contribution is -0.0131. The SMILES string of the molecule is CCc1nc(OC2CN3CCC2CC3)n(-c2ccccc2)c1CC. The lowest BCUT2D eigenvalue weighted by Crippen LogP contribution is -2.52. The molecule has 2 bridgehead atoms. The predicted molar refractivity (Wildman–Crippen MR) is 95.9 cm³/mol. The quantitative estimate of drug-likeness (QED) is 0.843. The summed E-state index contributed by atoms with van der Waals surface area (Å²) in [5.74, 6) is 0.686. The lowest BCUT2D eigenvalue weighted by Gasteiger charge is -2.44. The maximum absolute atomic E-state index is 6.51. The number of aromatic nitrogens is 2. The van der Waals surface area contributed by atoms with Crippen LogP contribution in [0.3, 0.4) is 0 Å². The minimum Gasteiger partial charge on any atom is -0.459 e. The van der Waals surface area contributed by atoms with Crippen LogP contribution in [-0.4, -0.2) is 40.2 Å². The molecule has 3 aliphatic heterocycles. The second-order valence-electron chi connectivity index (χ2n) is 6.96. The molecule has 0 aliphatic carbocycles. The van der Waals surface area contributed by atoms with Gasteiger partial charge in [-0.15, -0.1) is 0 Å². The summed E-state index contributed by atoms with van der Waals surface area (Å²) in [6, 6.07) is 11.3. The summed E-state index contributed by atoms with van der Waals surface area (Å²) in [7, 11) is 0. The van der Waals surface area contributed by atoms with Crippen molar-refractivity contribution in [3.63, 3.8) is 0 Å². The van der Waals surface area contributed by atoms with Gasteiger partial charge in [0.2, 0.25) is 0 Å². The fraction of sp³-hybridized carbons (Fsp3) is 0.550. The smallest absolute Gasteiger partial charge is 0.301 e. The third kappa shape index (κ3) is 2.73. The topological polar surface area (TPSA) is 30.3 Å². The van der Waals surface area contributed by atoms with Gasteiger partial charge in [-0.25, -0.2) is 0 Å². The number of hydrogen-bond donors (Lipinski definition) is 0. The van der Waals surface area contributed by atoms with E-state index in [4.69, 9.17) is 9.72 Å². The Morgan fingerprint density at radius 1 is 1.08 bits per heavy atom. The Balaban J connectivity index is 1.70. The molecule has 1 unspecified atom stereocenters. The molecule has 3 aliphatic rings. The fourth-order valence-corrected chi connectivity index (χ4v) is 4.22. The van der Waals surface area contributed by atoms with Crippen LogP contribution in [0.1, 0.15) is 38.1 Å². The maximum Gasteiger partial charge on any atom is 0.301 e. The standard InChI is InChI=1S/C20H27N3O/c1-3-17-18(4-2)23(16-8-6-5-7-9-16)20(21-17)24-19-14-22-12-10-15(19)11-13-22/h5-9,15,19H,3-4,10-14H2,1-2H3. The minimum atomic E-state index is 0.284. The lowest BCUT2D eigenvalue weighted by atomic mass is 9.86. The zero-order valence-electron chi connectivity index (χ0n) is 14.7. The molecule has 0 radical (unpaired) electrons. The molecule has 5 rings (SSSR count). The molecule has 128 valence electrons. The zero-order valence-corrected chi connectivity index (χ0v) is 14.7. The molecule has 0 amide bonds. The van der Waals surface area contributed by atoms with E-state index in [-0.39, 0.29) is 6.10 Å². The Bertz CT molecular complexity index is 686. The van der Waals surface area contributed by atoms with Gasteiger partial charge < -0.3 is 4.74 Å². The van der Waals surface area contributed by atoms with E-state index in [1.807, 2.05) is 0 Å². The van der Waals surface area contributed by atoms with Crippen LogP contribution < -0.4 is 4.74 Å². The molecule has 4 nitrogen and oxygen atoms in total. The molecule has 3 saturated heterocycles. The molecule has 0 N–H and O–H groups in total. The molecule has 1 aromatic carbocycles. The number of aryl methyl sites for hydroxylation is 1. The van der Waals surface area contributed by atoms with Gasteiger partial charge in [-0.2, -0.15) is 4.98 Å².